The topological polar surface area (TPSA) is 107 Å². The van der Waals surface area contributed by atoms with Crippen molar-refractivity contribution in [3.63, 3.8) is 0 Å². The summed E-state index contributed by atoms with van der Waals surface area (Å²) in [5.41, 5.74) is 1.03. The van der Waals surface area contributed by atoms with E-state index in [9.17, 15) is 14.7 Å². The Bertz CT molecular complexity index is 1270. The first-order valence-corrected chi connectivity index (χ1v) is 13.8. The Morgan fingerprint density at radius 3 is 2.50 bits per heavy atom. The minimum Gasteiger partial charge on any atom is -0.507 e. The first-order chi connectivity index (χ1) is 19.5. The largest absolute Gasteiger partial charge is 0.507 e. The summed E-state index contributed by atoms with van der Waals surface area (Å²) < 4.78 is 28.2. The van der Waals surface area contributed by atoms with Crippen LogP contribution in [0.25, 0.3) is 5.76 Å². The summed E-state index contributed by atoms with van der Waals surface area (Å²) in [4.78, 5) is 30.7. The molecule has 0 bridgehead atoms. The van der Waals surface area contributed by atoms with Gasteiger partial charge in [-0.25, -0.2) is 0 Å². The predicted molar refractivity (Wildman–Crippen MR) is 147 cm³/mol. The number of aliphatic hydroxyl groups excluding tert-OH is 1. The van der Waals surface area contributed by atoms with E-state index in [1.54, 1.807) is 37.4 Å². The quantitative estimate of drug-likeness (QED) is 0.205. The fourth-order valence-corrected chi connectivity index (χ4v) is 5.18. The van der Waals surface area contributed by atoms with Crippen LogP contribution in [0.1, 0.15) is 36.9 Å². The van der Waals surface area contributed by atoms with E-state index in [1.807, 2.05) is 6.07 Å². The van der Waals surface area contributed by atoms with Crippen LogP contribution in [0.5, 0.6) is 23.0 Å². The molecule has 0 radical (unpaired) electrons. The van der Waals surface area contributed by atoms with Gasteiger partial charge in [-0.3, -0.25) is 14.5 Å². The number of hydrogen-bond acceptors (Lipinski definition) is 9. The molecule has 0 aliphatic carbocycles. The summed E-state index contributed by atoms with van der Waals surface area (Å²) in [5, 5.41) is 11.5. The maximum atomic E-state index is 13.5. The van der Waals surface area contributed by atoms with Crippen LogP contribution < -0.4 is 18.9 Å². The third kappa shape index (κ3) is 5.73. The number of ether oxygens (including phenoxy) is 5. The minimum absolute atomic E-state index is 0.0189. The molecule has 3 aliphatic heterocycles. The van der Waals surface area contributed by atoms with Crippen LogP contribution in [0, 0.1) is 0 Å². The highest BCUT2D eigenvalue weighted by molar-refractivity contribution is 6.46. The molecule has 1 N–H and O–H groups in total. The third-order valence-corrected chi connectivity index (χ3v) is 7.38. The number of carbonyl (C=O) groups excluding carboxylic acids is 2. The molecule has 3 aliphatic rings. The van der Waals surface area contributed by atoms with E-state index in [0.717, 1.165) is 25.9 Å². The molecule has 3 heterocycles. The molecule has 40 heavy (non-hydrogen) atoms. The second-order valence-corrected chi connectivity index (χ2v) is 9.92. The van der Waals surface area contributed by atoms with Crippen LogP contribution in [-0.4, -0.2) is 92.9 Å². The Labute approximate surface area is 234 Å². The van der Waals surface area contributed by atoms with Crippen molar-refractivity contribution in [2.75, 3.05) is 66.3 Å². The number of unbranched alkanes of at least 4 members (excludes halogenated alkanes) is 1. The van der Waals surface area contributed by atoms with Crippen LogP contribution in [-0.2, 0) is 14.3 Å². The van der Waals surface area contributed by atoms with Crippen molar-refractivity contribution in [2.45, 2.75) is 25.8 Å². The van der Waals surface area contributed by atoms with Gasteiger partial charge in [0, 0.05) is 31.7 Å². The first kappa shape index (κ1) is 27.8. The third-order valence-electron chi connectivity index (χ3n) is 7.38. The molecule has 10 heteroatoms. The molecule has 2 saturated heterocycles. The summed E-state index contributed by atoms with van der Waals surface area (Å²) in [7, 11) is 1.55. The lowest BCUT2D eigenvalue weighted by molar-refractivity contribution is -0.140. The van der Waals surface area contributed by atoms with Crippen LogP contribution in [0.15, 0.2) is 42.0 Å². The second kappa shape index (κ2) is 12.6. The van der Waals surface area contributed by atoms with E-state index < -0.39 is 17.7 Å². The number of carbonyl (C=O) groups is 2. The van der Waals surface area contributed by atoms with Crippen molar-refractivity contribution in [3.05, 3.63) is 53.1 Å². The molecular formula is C30H36N2O8. The smallest absolute Gasteiger partial charge is 0.295 e. The molecule has 0 aromatic heterocycles. The van der Waals surface area contributed by atoms with Crippen molar-refractivity contribution < 1.29 is 38.4 Å². The van der Waals surface area contributed by atoms with Crippen LogP contribution in [0.3, 0.4) is 0 Å². The normalized spacial score (nSPS) is 20.6. The molecule has 2 aromatic rings. The number of hydrogen-bond donors (Lipinski definition) is 1. The highest BCUT2D eigenvalue weighted by Gasteiger charge is 2.46. The number of morpholine rings is 1. The maximum absolute atomic E-state index is 13.5. The Hall–Kier alpha value is -3.76. The van der Waals surface area contributed by atoms with Gasteiger partial charge >= 0.3 is 0 Å². The number of ketones is 1. The highest BCUT2D eigenvalue weighted by Crippen LogP contribution is 2.43. The number of fused-ring (bicyclic) bond motifs is 1. The lowest BCUT2D eigenvalue weighted by atomic mass is 9.94. The summed E-state index contributed by atoms with van der Waals surface area (Å²) in [6.45, 7) is 7.11. The number of nitrogens with zero attached hydrogens (tertiary/aromatic N) is 2. The SMILES string of the molecule is CCCCOc1ccc(C2C(=C(O)c3ccc4c(c3)OCCO4)C(=O)C(=O)N2CCN2CCOCC2)cc1OC. The maximum Gasteiger partial charge on any atom is 0.295 e. The van der Waals surface area contributed by atoms with E-state index in [0.29, 0.717) is 80.2 Å². The Morgan fingerprint density at radius 2 is 1.75 bits per heavy atom. The lowest BCUT2D eigenvalue weighted by Crippen LogP contribution is -2.42. The van der Waals surface area contributed by atoms with Gasteiger partial charge in [-0.1, -0.05) is 19.4 Å². The minimum atomic E-state index is -0.812. The summed E-state index contributed by atoms with van der Waals surface area (Å²) in [5.74, 6) is 0.457. The highest BCUT2D eigenvalue weighted by atomic mass is 16.6. The summed E-state index contributed by atoms with van der Waals surface area (Å²) in [6.07, 6.45) is 1.90. The van der Waals surface area contributed by atoms with E-state index in [4.69, 9.17) is 23.7 Å². The van der Waals surface area contributed by atoms with Gasteiger partial charge in [-0.15, -0.1) is 0 Å². The van der Waals surface area contributed by atoms with Gasteiger partial charge < -0.3 is 33.7 Å². The average Bonchev–Trinajstić information content (AvgIpc) is 3.25. The zero-order valence-electron chi connectivity index (χ0n) is 23.0. The van der Waals surface area contributed by atoms with Crippen molar-refractivity contribution >= 4 is 17.4 Å². The number of amides is 1. The second-order valence-electron chi connectivity index (χ2n) is 9.92. The van der Waals surface area contributed by atoms with Crippen molar-refractivity contribution in [2.24, 2.45) is 0 Å². The standard InChI is InChI=1S/C30H36N2O8/c1-3-4-13-38-22-7-5-20(18-24(22)36-2)27-26(28(33)21-6-8-23-25(19-21)40-17-16-39-23)29(34)30(35)32(27)10-9-31-11-14-37-15-12-31/h5-8,18-19,27,33H,3-4,9-17H2,1-2H3. The Kier molecular flexibility index (Phi) is 8.76. The van der Waals surface area contributed by atoms with Crippen molar-refractivity contribution in [3.8, 4) is 23.0 Å². The molecule has 2 fully saturated rings. The van der Waals surface area contributed by atoms with Gasteiger partial charge in [0.25, 0.3) is 11.7 Å². The van der Waals surface area contributed by atoms with Gasteiger partial charge in [0.05, 0.1) is 38.5 Å². The van der Waals surface area contributed by atoms with Crippen LogP contribution >= 0.6 is 0 Å². The van der Waals surface area contributed by atoms with Gasteiger partial charge in [-0.05, 0) is 42.3 Å². The van der Waals surface area contributed by atoms with E-state index in [-0.39, 0.29) is 11.3 Å². The fraction of sp³-hybridized carbons (Fsp3) is 0.467. The molecule has 0 saturated carbocycles. The Morgan fingerprint density at radius 1 is 0.975 bits per heavy atom. The summed E-state index contributed by atoms with van der Waals surface area (Å²) in [6, 6.07) is 9.55. The summed E-state index contributed by atoms with van der Waals surface area (Å²) >= 11 is 0. The fourth-order valence-electron chi connectivity index (χ4n) is 5.18. The molecule has 2 aromatic carbocycles. The number of likely N-dealkylation sites (tertiary alicyclic amines) is 1. The zero-order valence-corrected chi connectivity index (χ0v) is 23.0. The van der Waals surface area contributed by atoms with Gasteiger partial charge in [0.1, 0.15) is 19.0 Å². The number of methoxy groups -OCH3 is 1. The molecule has 1 amide bonds. The average molecular weight is 553 g/mol. The van der Waals surface area contributed by atoms with Gasteiger partial charge in [-0.2, -0.15) is 0 Å². The van der Waals surface area contributed by atoms with E-state index in [1.165, 1.54) is 4.90 Å². The number of Topliss-reactive ketones (excluding diaryl/α,β-unsaturated/α-hetero) is 1. The molecular weight excluding hydrogens is 516 g/mol. The number of benzene rings is 2. The number of aliphatic hydroxyl groups is 1. The van der Waals surface area contributed by atoms with Gasteiger partial charge in [0.2, 0.25) is 0 Å². The van der Waals surface area contributed by atoms with Crippen molar-refractivity contribution in [1.29, 1.82) is 0 Å². The van der Waals surface area contributed by atoms with Crippen LogP contribution in [0.4, 0.5) is 0 Å². The Balaban J connectivity index is 1.54. The molecule has 1 atom stereocenters. The van der Waals surface area contributed by atoms with E-state index in [2.05, 4.69) is 11.8 Å². The van der Waals surface area contributed by atoms with Crippen molar-refractivity contribution in [1.82, 2.24) is 9.80 Å². The zero-order chi connectivity index (χ0) is 28.1. The number of rotatable bonds is 10. The monoisotopic (exact) mass is 552 g/mol. The molecule has 0 spiro atoms. The predicted octanol–water partition coefficient (Wildman–Crippen LogP) is 3.40. The lowest BCUT2D eigenvalue weighted by Gasteiger charge is -2.31. The van der Waals surface area contributed by atoms with Gasteiger partial charge in [0.15, 0.2) is 23.0 Å². The van der Waals surface area contributed by atoms with Crippen LogP contribution in [0.2, 0.25) is 0 Å². The molecule has 1 unspecified atom stereocenters. The molecule has 214 valence electrons. The first-order valence-electron chi connectivity index (χ1n) is 13.8. The molecule has 5 rings (SSSR count). The van der Waals surface area contributed by atoms with E-state index >= 15 is 0 Å². The molecule has 10 nitrogen and oxygen atoms in total.